The second-order valence-corrected chi connectivity index (χ2v) is 4.78. The molecule has 3 rings (SSSR count). The molecule has 0 radical (unpaired) electrons. The normalized spacial score (nSPS) is 30.7. The van der Waals surface area contributed by atoms with E-state index in [-0.39, 0.29) is 6.04 Å². The summed E-state index contributed by atoms with van der Waals surface area (Å²) in [5, 5.41) is 3.40. The lowest BCUT2D eigenvalue weighted by Gasteiger charge is -2.20. The van der Waals surface area contributed by atoms with Gasteiger partial charge < -0.3 is 10.1 Å². The van der Waals surface area contributed by atoms with Crippen LogP contribution in [-0.2, 0) is 4.74 Å². The quantitative estimate of drug-likeness (QED) is 0.802. The van der Waals surface area contributed by atoms with Crippen LogP contribution in [0.5, 0.6) is 0 Å². The number of amidine groups is 1. The van der Waals surface area contributed by atoms with Gasteiger partial charge in [0.1, 0.15) is 6.61 Å². The molecule has 1 aliphatic carbocycles. The van der Waals surface area contributed by atoms with E-state index in [0.29, 0.717) is 24.5 Å². The first kappa shape index (κ1) is 10.6. The van der Waals surface area contributed by atoms with Crippen molar-refractivity contribution >= 4 is 6.02 Å². The highest BCUT2D eigenvalue weighted by molar-refractivity contribution is 5.75. The third kappa shape index (κ3) is 1.68. The number of aliphatic imine (C=N–C) groups is 1. The number of fused-ring (bicyclic) bond motifs is 1. The van der Waals surface area contributed by atoms with Crippen LogP contribution in [0, 0.1) is 5.92 Å². The fourth-order valence-electron chi connectivity index (χ4n) is 2.66. The highest BCUT2D eigenvalue weighted by Gasteiger charge is 2.37. The molecule has 0 fully saturated rings. The Labute approximate surface area is 101 Å². The van der Waals surface area contributed by atoms with E-state index >= 15 is 0 Å². The summed E-state index contributed by atoms with van der Waals surface area (Å²) in [4.78, 5) is 8.79. The Morgan fingerprint density at radius 2 is 2.29 bits per heavy atom. The van der Waals surface area contributed by atoms with Crippen molar-refractivity contribution in [1.82, 2.24) is 10.3 Å². The predicted octanol–water partition coefficient (Wildman–Crippen LogP) is 1.85. The maximum Gasteiger partial charge on any atom is 0.285 e. The maximum atomic E-state index is 5.43. The smallest absolute Gasteiger partial charge is 0.285 e. The van der Waals surface area contributed by atoms with E-state index in [4.69, 9.17) is 4.74 Å². The zero-order valence-electron chi connectivity index (χ0n) is 10.2. The summed E-state index contributed by atoms with van der Waals surface area (Å²) in [6.07, 6.45) is 1.87. The minimum atomic E-state index is 0.269. The summed E-state index contributed by atoms with van der Waals surface area (Å²) in [6, 6.07) is 5.10. The summed E-state index contributed by atoms with van der Waals surface area (Å²) in [6.45, 7) is 5.94. The SMILES string of the molecule is CC1c2ncccc2C(NC2=NCCO2)C1C. The molecular formula is C13H17N3O. The van der Waals surface area contributed by atoms with Gasteiger partial charge in [0.15, 0.2) is 0 Å². The van der Waals surface area contributed by atoms with E-state index in [2.05, 4.69) is 35.2 Å². The summed E-state index contributed by atoms with van der Waals surface area (Å²) in [5.74, 6) is 0.984. The Bertz CT molecular complexity index is 458. The molecule has 0 saturated carbocycles. The first-order valence-corrected chi connectivity index (χ1v) is 6.16. The minimum Gasteiger partial charge on any atom is -0.463 e. The molecule has 90 valence electrons. The van der Waals surface area contributed by atoms with Gasteiger partial charge in [0.25, 0.3) is 6.02 Å². The van der Waals surface area contributed by atoms with Crippen molar-refractivity contribution in [2.75, 3.05) is 13.2 Å². The fourth-order valence-corrected chi connectivity index (χ4v) is 2.66. The minimum absolute atomic E-state index is 0.269. The van der Waals surface area contributed by atoms with Crippen molar-refractivity contribution in [2.24, 2.45) is 10.9 Å². The van der Waals surface area contributed by atoms with Crippen LogP contribution in [-0.4, -0.2) is 24.2 Å². The molecule has 4 heteroatoms. The van der Waals surface area contributed by atoms with Gasteiger partial charge in [-0.05, 0) is 17.5 Å². The van der Waals surface area contributed by atoms with Crippen LogP contribution in [0.1, 0.15) is 37.1 Å². The molecule has 1 aliphatic heterocycles. The number of nitrogens with zero attached hydrogens (tertiary/aromatic N) is 2. The average molecular weight is 231 g/mol. The molecule has 2 aliphatic rings. The van der Waals surface area contributed by atoms with Crippen molar-refractivity contribution in [3.8, 4) is 0 Å². The lowest BCUT2D eigenvalue weighted by molar-refractivity contribution is 0.312. The van der Waals surface area contributed by atoms with Gasteiger partial charge in [0.05, 0.1) is 12.6 Å². The highest BCUT2D eigenvalue weighted by Crippen LogP contribution is 2.43. The molecule has 0 amide bonds. The van der Waals surface area contributed by atoms with E-state index < -0.39 is 0 Å². The van der Waals surface area contributed by atoms with Gasteiger partial charge in [0.2, 0.25) is 0 Å². The Morgan fingerprint density at radius 1 is 1.41 bits per heavy atom. The largest absolute Gasteiger partial charge is 0.463 e. The molecule has 1 aromatic heterocycles. The number of ether oxygens (including phenoxy) is 1. The van der Waals surface area contributed by atoms with E-state index in [1.54, 1.807) is 0 Å². The highest BCUT2D eigenvalue weighted by atomic mass is 16.5. The number of nitrogens with one attached hydrogen (secondary N) is 1. The number of hydrogen-bond donors (Lipinski definition) is 1. The molecule has 2 heterocycles. The van der Waals surface area contributed by atoms with Crippen LogP contribution in [0.3, 0.4) is 0 Å². The van der Waals surface area contributed by atoms with Crippen LogP contribution in [0.2, 0.25) is 0 Å². The maximum absolute atomic E-state index is 5.43. The standard InChI is InChI=1S/C13H17N3O/c1-8-9(2)12(16-13-15-6-7-17-13)10-4-3-5-14-11(8)10/h3-5,8-9,12H,6-7H2,1-2H3,(H,15,16). The molecule has 1 aromatic rings. The van der Waals surface area contributed by atoms with Gasteiger partial charge in [-0.3, -0.25) is 4.98 Å². The monoisotopic (exact) mass is 231 g/mol. The Hall–Kier alpha value is -1.58. The molecule has 4 nitrogen and oxygen atoms in total. The van der Waals surface area contributed by atoms with Gasteiger partial charge in [-0.15, -0.1) is 0 Å². The predicted molar refractivity (Wildman–Crippen MR) is 65.9 cm³/mol. The molecule has 17 heavy (non-hydrogen) atoms. The van der Waals surface area contributed by atoms with E-state index in [1.807, 2.05) is 12.3 Å². The fraction of sp³-hybridized carbons (Fsp3) is 0.538. The van der Waals surface area contributed by atoms with Crippen molar-refractivity contribution in [3.05, 3.63) is 29.6 Å². The van der Waals surface area contributed by atoms with Gasteiger partial charge in [-0.1, -0.05) is 19.9 Å². The molecule has 0 bridgehead atoms. The molecule has 0 spiro atoms. The molecule has 0 saturated heterocycles. The average Bonchev–Trinajstić information content (AvgIpc) is 2.94. The number of aromatic nitrogens is 1. The first-order chi connectivity index (χ1) is 8.27. The van der Waals surface area contributed by atoms with Gasteiger partial charge in [0, 0.05) is 17.8 Å². The van der Waals surface area contributed by atoms with Crippen molar-refractivity contribution in [2.45, 2.75) is 25.8 Å². The molecule has 0 aromatic carbocycles. The van der Waals surface area contributed by atoms with E-state index in [9.17, 15) is 0 Å². The summed E-state index contributed by atoms with van der Waals surface area (Å²) in [5.41, 5.74) is 2.49. The van der Waals surface area contributed by atoms with Gasteiger partial charge >= 0.3 is 0 Å². The lowest BCUT2D eigenvalue weighted by Crippen LogP contribution is -2.31. The Kier molecular flexibility index (Phi) is 2.50. The zero-order valence-corrected chi connectivity index (χ0v) is 10.2. The third-order valence-corrected chi connectivity index (χ3v) is 3.82. The summed E-state index contributed by atoms with van der Waals surface area (Å²) in [7, 11) is 0. The van der Waals surface area contributed by atoms with Crippen LogP contribution in [0.4, 0.5) is 0 Å². The van der Waals surface area contributed by atoms with Crippen molar-refractivity contribution in [1.29, 1.82) is 0 Å². The molecular weight excluding hydrogens is 214 g/mol. The number of rotatable bonds is 1. The molecule has 1 N–H and O–H groups in total. The first-order valence-electron chi connectivity index (χ1n) is 6.16. The number of pyridine rings is 1. The van der Waals surface area contributed by atoms with Gasteiger partial charge in [-0.25, -0.2) is 4.99 Å². The number of hydrogen-bond acceptors (Lipinski definition) is 4. The van der Waals surface area contributed by atoms with Crippen molar-refractivity contribution < 1.29 is 4.74 Å². The third-order valence-electron chi connectivity index (χ3n) is 3.82. The summed E-state index contributed by atoms with van der Waals surface area (Å²) < 4.78 is 5.43. The molecule has 3 unspecified atom stereocenters. The second-order valence-electron chi connectivity index (χ2n) is 4.78. The van der Waals surface area contributed by atoms with Crippen LogP contribution < -0.4 is 5.32 Å². The zero-order chi connectivity index (χ0) is 11.8. The van der Waals surface area contributed by atoms with E-state index in [1.165, 1.54) is 11.3 Å². The van der Waals surface area contributed by atoms with Crippen molar-refractivity contribution in [3.63, 3.8) is 0 Å². The van der Waals surface area contributed by atoms with Crippen LogP contribution in [0.15, 0.2) is 23.3 Å². The van der Waals surface area contributed by atoms with Gasteiger partial charge in [-0.2, -0.15) is 0 Å². The Balaban J connectivity index is 1.89. The van der Waals surface area contributed by atoms with Crippen LogP contribution in [0.25, 0.3) is 0 Å². The Morgan fingerprint density at radius 3 is 3.06 bits per heavy atom. The van der Waals surface area contributed by atoms with Crippen LogP contribution >= 0.6 is 0 Å². The lowest BCUT2D eigenvalue weighted by atomic mass is 9.96. The molecule has 3 atom stereocenters. The van der Waals surface area contributed by atoms with E-state index in [0.717, 1.165) is 6.54 Å². The summed E-state index contributed by atoms with van der Waals surface area (Å²) >= 11 is 0. The topological polar surface area (TPSA) is 46.5 Å². The second kappa shape index (κ2) is 4.02.